The average Bonchev–Trinajstić information content (AvgIpc) is 2.72. The molecule has 3 aromatic rings. The minimum atomic E-state index is -0.526. The van der Waals surface area contributed by atoms with Gasteiger partial charge in [-0.15, -0.1) is 0 Å². The van der Waals surface area contributed by atoms with Crippen LogP contribution in [0.1, 0.15) is 24.5 Å². The molecule has 0 aliphatic rings. The Morgan fingerprint density at radius 3 is 2.57 bits per heavy atom. The summed E-state index contributed by atoms with van der Waals surface area (Å²) in [7, 11) is 0. The van der Waals surface area contributed by atoms with Crippen LogP contribution in [-0.4, -0.2) is 25.2 Å². The molecule has 0 heterocycles. The van der Waals surface area contributed by atoms with Gasteiger partial charge in [-0.2, -0.15) is 0 Å². The molecule has 1 atom stereocenters. The minimum Gasteiger partial charge on any atom is -0.491 e. The van der Waals surface area contributed by atoms with E-state index in [0.29, 0.717) is 25.3 Å². The fourth-order valence-corrected chi connectivity index (χ4v) is 3.06. The van der Waals surface area contributed by atoms with Gasteiger partial charge < -0.3 is 14.8 Å². The molecular weight excluding hydrogens is 350 g/mol. The molecule has 0 radical (unpaired) electrons. The maximum absolute atomic E-state index is 12.5. The van der Waals surface area contributed by atoms with E-state index in [1.165, 1.54) is 5.56 Å². The first-order chi connectivity index (χ1) is 13.6. The number of amides is 1. The van der Waals surface area contributed by atoms with Crippen LogP contribution in [0.3, 0.4) is 0 Å². The topological polar surface area (TPSA) is 47.6 Å². The summed E-state index contributed by atoms with van der Waals surface area (Å²) < 4.78 is 11.7. The first-order valence-corrected chi connectivity index (χ1v) is 9.70. The van der Waals surface area contributed by atoms with E-state index in [2.05, 4.69) is 24.4 Å². The summed E-state index contributed by atoms with van der Waals surface area (Å²) in [6, 6.07) is 19.9. The number of hydrogen-bond acceptors (Lipinski definition) is 3. The molecule has 0 saturated carbocycles. The number of hydrogen-bond donors (Lipinski definition) is 1. The highest BCUT2D eigenvalue weighted by atomic mass is 16.5. The second kappa shape index (κ2) is 9.27. The highest BCUT2D eigenvalue weighted by molar-refractivity contribution is 5.84. The lowest BCUT2D eigenvalue weighted by Crippen LogP contribution is -2.39. The van der Waals surface area contributed by atoms with Crippen molar-refractivity contribution in [3.8, 4) is 11.5 Å². The van der Waals surface area contributed by atoms with Crippen LogP contribution in [0.5, 0.6) is 11.5 Å². The Bertz CT molecular complexity index is 951. The zero-order valence-corrected chi connectivity index (χ0v) is 16.7. The number of rotatable bonds is 8. The van der Waals surface area contributed by atoms with Crippen LogP contribution in [0.4, 0.5) is 0 Å². The first-order valence-electron chi connectivity index (χ1n) is 9.70. The number of ether oxygens (including phenoxy) is 2. The normalized spacial score (nSPS) is 11.8. The van der Waals surface area contributed by atoms with Crippen molar-refractivity contribution in [1.29, 1.82) is 0 Å². The Balaban J connectivity index is 1.52. The SMILES string of the molecule is CCC(Oc1ccc2ccccc2c1)C(=O)NCCOc1cccc(C)c1C. The molecule has 4 nitrogen and oxygen atoms in total. The van der Waals surface area contributed by atoms with Crippen molar-refractivity contribution in [3.63, 3.8) is 0 Å². The molecule has 0 fully saturated rings. The predicted octanol–water partition coefficient (Wildman–Crippen LogP) is 4.81. The highest BCUT2D eigenvalue weighted by Crippen LogP contribution is 2.22. The lowest BCUT2D eigenvalue weighted by molar-refractivity contribution is -0.128. The molecule has 3 aromatic carbocycles. The monoisotopic (exact) mass is 377 g/mol. The zero-order valence-electron chi connectivity index (χ0n) is 16.7. The molecule has 1 amide bonds. The van der Waals surface area contributed by atoms with Crippen molar-refractivity contribution in [2.75, 3.05) is 13.2 Å². The van der Waals surface area contributed by atoms with Gasteiger partial charge in [-0.05, 0) is 60.4 Å². The van der Waals surface area contributed by atoms with Gasteiger partial charge in [-0.25, -0.2) is 0 Å². The van der Waals surface area contributed by atoms with Crippen LogP contribution in [0.25, 0.3) is 10.8 Å². The Hall–Kier alpha value is -3.01. The number of benzene rings is 3. The summed E-state index contributed by atoms with van der Waals surface area (Å²) in [6.07, 6.45) is 0.0677. The zero-order chi connectivity index (χ0) is 19.9. The van der Waals surface area contributed by atoms with E-state index in [4.69, 9.17) is 9.47 Å². The summed E-state index contributed by atoms with van der Waals surface area (Å²) in [5.41, 5.74) is 2.32. The van der Waals surface area contributed by atoms with Crippen LogP contribution in [0.15, 0.2) is 60.7 Å². The summed E-state index contributed by atoms with van der Waals surface area (Å²) in [4.78, 5) is 12.5. The van der Waals surface area contributed by atoms with E-state index in [1.807, 2.05) is 62.4 Å². The van der Waals surface area contributed by atoms with Crippen LogP contribution in [0, 0.1) is 13.8 Å². The molecule has 1 N–H and O–H groups in total. The van der Waals surface area contributed by atoms with Gasteiger partial charge >= 0.3 is 0 Å². The van der Waals surface area contributed by atoms with Gasteiger partial charge in [-0.1, -0.05) is 49.4 Å². The molecule has 0 bridgehead atoms. The molecule has 0 saturated heterocycles. The number of fused-ring (bicyclic) bond motifs is 1. The summed E-state index contributed by atoms with van der Waals surface area (Å²) in [5, 5.41) is 5.15. The second-order valence-electron chi connectivity index (χ2n) is 6.86. The van der Waals surface area contributed by atoms with Gasteiger partial charge in [0.1, 0.15) is 18.1 Å². The third kappa shape index (κ3) is 4.83. The van der Waals surface area contributed by atoms with Gasteiger partial charge in [0.15, 0.2) is 6.10 Å². The van der Waals surface area contributed by atoms with Crippen molar-refractivity contribution in [2.45, 2.75) is 33.3 Å². The Kier molecular flexibility index (Phi) is 6.53. The molecule has 0 aliphatic heterocycles. The van der Waals surface area contributed by atoms with Crippen molar-refractivity contribution in [1.82, 2.24) is 5.32 Å². The Morgan fingerprint density at radius 2 is 1.79 bits per heavy atom. The number of carbonyl (C=O) groups excluding carboxylic acids is 1. The molecular formula is C24H27NO3. The van der Waals surface area contributed by atoms with E-state index in [0.717, 1.165) is 22.1 Å². The Morgan fingerprint density at radius 1 is 1.00 bits per heavy atom. The molecule has 146 valence electrons. The second-order valence-corrected chi connectivity index (χ2v) is 6.86. The van der Waals surface area contributed by atoms with E-state index < -0.39 is 6.10 Å². The first kappa shape index (κ1) is 19.7. The van der Waals surface area contributed by atoms with Crippen molar-refractivity contribution >= 4 is 16.7 Å². The van der Waals surface area contributed by atoms with E-state index >= 15 is 0 Å². The lowest BCUT2D eigenvalue weighted by atomic mass is 10.1. The molecule has 0 spiro atoms. The van der Waals surface area contributed by atoms with Gasteiger partial charge in [-0.3, -0.25) is 4.79 Å². The maximum atomic E-state index is 12.5. The lowest BCUT2D eigenvalue weighted by Gasteiger charge is -2.18. The molecule has 0 aliphatic carbocycles. The van der Waals surface area contributed by atoms with Gasteiger partial charge in [0, 0.05) is 0 Å². The van der Waals surface area contributed by atoms with Crippen LogP contribution < -0.4 is 14.8 Å². The fraction of sp³-hybridized carbons (Fsp3) is 0.292. The minimum absolute atomic E-state index is 0.125. The fourth-order valence-electron chi connectivity index (χ4n) is 3.06. The molecule has 4 heteroatoms. The maximum Gasteiger partial charge on any atom is 0.261 e. The molecule has 3 rings (SSSR count). The van der Waals surface area contributed by atoms with Crippen LogP contribution in [-0.2, 0) is 4.79 Å². The summed E-state index contributed by atoms with van der Waals surface area (Å²) >= 11 is 0. The number of carbonyl (C=O) groups is 1. The van der Waals surface area contributed by atoms with E-state index in [1.54, 1.807) is 0 Å². The van der Waals surface area contributed by atoms with Gasteiger partial charge in [0.05, 0.1) is 6.54 Å². The third-order valence-corrected chi connectivity index (χ3v) is 4.88. The van der Waals surface area contributed by atoms with Crippen LogP contribution >= 0.6 is 0 Å². The molecule has 28 heavy (non-hydrogen) atoms. The Labute approximate surface area is 166 Å². The van der Waals surface area contributed by atoms with Crippen molar-refractivity contribution in [2.24, 2.45) is 0 Å². The number of aryl methyl sites for hydroxylation is 1. The summed E-state index contributed by atoms with van der Waals surface area (Å²) in [5.74, 6) is 1.43. The highest BCUT2D eigenvalue weighted by Gasteiger charge is 2.18. The number of nitrogens with one attached hydrogen (secondary N) is 1. The van der Waals surface area contributed by atoms with Crippen molar-refractivity contribution < 1.29 is 14.3 Å². The quantitative estimate of drug-likeness (QED) is 0.573. The predicted molar refractivity (Wildman–Crippen MR) is 113 cm³/mol. The van der Waals surface area contributed by atoms with E-state index in [-0.39, 0.29) is 5.91 Å². The smallest absolute Gasteiger partial charge is 0.261 e. The average molecular weight is 377 g/mol. The summed E-state index contributed by atoms with van der Waals surface area (Å²) in [6.45, 7) is 6.89. The van der Waals surface area contributed by atoms with Crippen molar-refractivity contribution in [3.05, 3.63) is 71.8 Å². The largest absolute Gasteiger partial charge is 0.491 e. The molecule has 0 aromatic heterocycles. The van der Waals surface area contributed by atoms with Crippen LogP contribution in [0.2, 0.25) is 0 Å². The van der Waals surface area contributed by atoms with E-state index in [9.17, 15) is 4.79 Å². The van der Waals surface area contributed by atoms with Gasteiger partial charge in [0.2, 0.25) is 0 Å². The third-order valence-electron chi connectivity index (χ3n) is 4.88. The standard InChI is InChI=1S/C24H27NO3/c1-4-22(28-21-13-12-19-9-5-6-10-20(19)16-21)24(26)25-14-15-27-23-11-7-8-17(2)18(23)3/h5-13,16,22H,4,14-15H2,1-3H3,(H,25,26). The van der Waals surface area contributed by atoms with Gasteiger partial charge in [0.25, 0.3) is 5.91 Å². The molecule has 1 unspecified atom stereocenters.